The maximum absolute atomic E-state index is 13.5. The van der Waals surface area contributed by atoms with Crippen molar-refractivity contribution in [2.45, 2.75) is 6.04 Å². The van der Waals surface area contributed by atoms with Gasteiger partial charge in [-0.3, -0.25) is 4.90 Å². The largest absolute Gasteiger partial charge is 0.353 e. The number of aromatic nitrogens is 2. The van der Waals surface area contributed by atoms with E-state index in [0.717, 1.165) is 56.0 Å². The van der Waals surface area contributed by atoms with E-state index in [0.29, 0.717) is 6.04 Å². The molecule has 22 heavy (non-hydrogen) atoms. The third-order valence-corrected chi connectivity index (χ3v) is 4.79. The monoisotopic (exact) mass is 301 g/mol. The Kier molecular flexibility index (Phi) is 3.43. The number of likely N-dealkylation sites (N-methyl/N-ethyl adjacent to an activating group) is 1. The SMILES string of the molecule is CN1CCN(C2CN(c3ncnc4ccc(F)cc34)C2)CC1. The van der Waals surface area contributed by atoms with Crippen LogP contribution in [-0.2, 0) is 0 Å². The first-order valence-corrected chi connectivity index (χ1v) is 7.78. The van der Waals surface area contributed by atoms with Gasteiger partial charge in [-0.25, -0.2) is 14.4 Å². The van der Waals surface area contributed by atoms with Crippen molar-refractivity contribution >= 4 is 16.7 Å². The molecule has 0 unspecified atom stereocenters. The van der Waals surface area contributed by atoms with Crippen LogP contribution in [0.2, 0.25) is 0 Å². The van der Waals surface area contributed by atoms with Gasteiger partial charge in [0.05, 0.1) is 5.52 Å². The third-order valence-electron chi connectivity index (χ3n) is 4.79. The second-order valence-electron chi connectivity index (χ2n) is 6.26. The highest BCUT2D eigenvalue weighted by Crippen LogP contribution is 2.28. The second kappa shape index (κ2) is 5.44. The highest BCUT2D eigenvalue weighted by molar-refractivity contribution is 5.89. The summed E-state index contributed by atoms with van der Waals surface area (Å²) < 4.78 is 13.5. The first-order valence-electron chi connectivity index (χ1n) is 7.78. The van der Waals surface area contributed by atoms with Crippen LogP contribution in [0.4, 0.5) is 10.2 Å². The van der Waals surface area contributed by atoms with Gasteiger partial charge in [0.15, 0.2) is 0 Å². The molecule has 2 aliphatic heterocycles. The summed E-state index contributed by atoms with van der Waals surface area (Å²) in [5, 5.41) is 0.805. The van der Waals surface area contributed by atoms with Gasteiger partial charge in [0.2, 0.25) is 0 Å². The molecular formula is C16H20FN5. The highest BCUT2D eigenvalue weighted by Gasteiger charge is 2.34. The van der Waals surface area contributed by atoms with Gasteiger partial charge in [0.1, 0.15) is 18.0 Å². The lowest BCUT2D eigenvalue weighted by Gasteiger charge is -2.48. The summed E-state index contributed by atoms with van der Waals surface area (Å²) in [6, 6.07) is 5.29. The van der Waals surface area contributed by atoms with Gasteiger partial charge >= 0.3 is 0 Å². The fourth-order valence-electron chi connectivity index (χ4n) is 3.31. The van der Waals surface area contributed by atoms with Crippen molar-refractivity contribution in [2.24, 2.45) is 0 Å². The number of hydrogen-bond acceptors (Lipinski definition) is 5. The molecule has 0 atom stereocenters. The molecule has 0 N–H and O–H groups in total. The molecule has 116 valence electrons. The fourth-order valence-corrected chi connectivity index (χ4v) is 3.31. The van der Waals surface area contributed by atoms with E-state index in [2.05, 4.69) is 31.7 Å². The molecule has 4 rings (SSSR count). The molecule has 0 aliphatic carbocycles. The van der Waals surface area contributed by atoms with E-state index in [9.17, 15) is 4.39 Å². The van der Waals surface area contributed by atoms with E-state index in [1.165, 1.54) is 12.1 Å². The van der Waals surface area contributed by atoms with E-state index >= 15 is 0 Å². The number of piperazine rings is 1. The minimum Gasteiger partial charge on any atom is -0.353 e. The average Bonchev–Trinajstić information content (AvgIpc) is 2.48. The lowest BCUT2D eigenvalue weighted by Crippen LogP contribution is -2.63. The third kappa shape index (κ3) is 2.42. The average molecular weight is 301 g/mol. The lowest BCUT2D eigenvalue weighted by molar-refractivity contribution is 0.0962. The van der Waals surface area contributed by atoms with Gasteiger partial charge in [0, 0.05) is 50.7 Å². The summed E-state index contributed by atoms with van der Waals surface area (Å²) in [5.74, 6) is 0.620. The Bertz CT molecular complexity index is 677. The maximum Gasteiger partial charge on any atom is 0.140 e. The molecule has 2 saturated heterocycles. The van der Waals surface area contributed by atoms with E-state index in [1.54, 1.807) is 12.4 Å². The van der Waals surface area contributed by atoms with Crippen LogP contribution in [0.25, 0.3) is 10.9 Å². The molecule has 1 aromatic carbocycles. The molecule has 2 aromatic rings. The smallest absolute Gasteiger partial charge is 0.140 e. The summed E-state index contributed by atoms with van der Waals surface area (Å²) in [7, 11) is 2.17. The van der Waals surface area contributed by atoms with Gasteiger partial charge in [-0.1, -0.05) is 0 Å². The van der Waals surface area contributed by atoms with Crippen LogP contribution in [-0.4, -0.2) is 72.1 Å². The van der Waals surface area contributed by atoms with Gasteiger partial charge in [0.25, 0.3) is 0 Å². The molecular weight excluding hydrogens is 281 g/mol. The molecule has 0 radical (unpaired) electrons. The number of nitrogens with zero attached hydrogens (tertiary/aromatic N) is 5. The number of benzene rings is 1. The number of hydrogen-bond donors (Lipinski definition) is 0. The quantitative estimate of drug-likeness (QED) is 0.833. The Morgan fingerprint density at radius 2 is 1.86 bits per heavy atom. The van der Waals surface area contributed by atoms with Crippen LogP contribution in [0.1, 0.15) is 0 Å². The molecule has 2 fully saturated rings. The van der Waals surface area contributed by atoms with Crippen molar-refractivity contribution in [3.05, 3.63) is 30.3 Å². The predicted molar refractivity (Wildman–Crippen MR) is 84.6 cm³/mol. The zero-order chi connectivity index (χ0) is 15.1. The van der Waals surface area contributed by atoms with Crippen LogP contribution >= 0.6 is 0 Å². The number of rotatable bonds is 2. The molecule has 0 saturated carbocycles. The molecule has 1 aromatic heterocycles. The summed E-state index contributed by atoms with van der Waals surface area (Å²) in [4.78, 5) is 15.8. The predicted octanol–water partition coefficient (Wildman–Crippen LogP) is 1.20. The number of anilines is 1. The topological polar surface area (TPSA) is 35.5 Å². The Morgan fingerprint density at radius 1 is 1.09 bits per heavy atom. The van der Waals surface area contributed by atoms with Crippen LogP contribution in [0.15, 0.2) is 24.5 Å². The summed E-state index contributed by atoms with van der Waals surface area (Å²) >= 11 is 0. The summed E-state index contributed by atoms with van der Waals surface area (Å²) in [6.07, 6.45) is 1.57. The first kappa shape index (κ1) is 13.8. The van der Waals surface area contributed by atoms with Crippen molar-refractivity contribution in [1.29, 1.82) is 0 Å². The Labute approximate surface area is 129 Å². The zero-order valence-electron chi connectivity index (χ0n) is 12.7. The van der Waals surface area contributed by atoms with Crippen molar-refractivity contribution < 1.29 is 4.39 Å². The van der Waals surface area contributed by atoms with Crippen LogP contribution in [0.5, 0.6) is 0 Å². The summed E-state index contributed by atoms with van der Waals surface area (Å²) in [5.41, 5.74) is 0.800. The van der Waals surface area contributed by atoms with Crippen LogP contribution in [0, 0.1) is 5.82 Å². The normalized spacial score (nSPS) is 21.3. The summed E-state index contributed by atoms with van der Waals surface area (Å²) in [6.45, 7) is 6.47. The lowest BCUT2D eigenvalue weighted by atomic mass is 10.0. The number of halogens is 1. The number of fused-ring (bicyclic) bond motifs is 1. The maximum atomic E-state index is 13.5. The van der Waals surface area contributed by atoms with E-state index in [-0.39, 0.29) is 5.82 Å². The van der Waals surface area contributed by atoms with Crippen molar-refractivity contribution in [3.8, 4) is 0 Å². The Balaban J connectivity index is 1.50. The Hall–Kier alpha value is -1.79. The van der Waals surface area contributed by atoms with Gasteiger partial charge in [-0.05, 0) is 25.2 Å². The van der Waals surface area contributed by atoms with E-state index in [1.807, 2.05) is 0 Å². The first-order chi connectivity index (χ1) is 10.7. The molecule has 2 aliphatic rings. The van der Waals surface area contributed by atoms with Gasteiger partial charge in [-0.15, -0.1) is 0 Å². The van der Waals surface area contributed by atoms with Crippen molar-refractivity contribution in [2.75, 3.05) is 51.2 Å². The highest BCUT2D eigenvalue weighted by atomic mass is 19.1. The molecule has 0 bridgehead atoms. The zero-order valence-corrected chi connectivity index (χ0v) is 12.7. The second-order valence-corrected chi connectivity index (χ2v) is 6.26. The van der Waals surface area contributed by atoms with Crippen LogP contribution < -0.4 is 4.90 Å². The van der Waals surface area contributed by atoms with E-state index in [4.69, 9.17) is 0 Å². The van der Waals surface area contributed by atoms with Gasteiger partial charge in [-0.2, -0.15) is 0 Å². The molecule has 3 heterocycles. The molecule has 0 spiro atoms. The van der Waals surface area contributed by atoms with E-state index < -0.39 is 0 Å². The molecule has 0 amide bonds. The van der Waals surface area contributed by atoms with Crippen LogP contribution in [0.3, 0.4) is 0 Å². The van der Waals surface area contributed by atoms with Crippen molar-refractivity contribution in [1.82, 2.24) is 19.8 Å². The molecule has 5 nitrogen and oxygen atoms in total. The fraction of sp³-hybridized carbons (Fsp3) is 0.500. The van der Waals surface area contributed by atoms with Gasteiger partial charge < -0.3 is 9.80 Å². The molecule has 6 heteroatoms. The Morgan fingerprint density at radius 3 is 2.64 bits per heavy atom. The minimum atomic E-state index is -0.236. The minimum absolute atomic E-state index is 0.236. The standard InChI is InChI=1S/C16H20FN5/c1-20-4-6-21(7-5-20)13-9-22(10-13)16-14-8-12(17)2-3-15(14)18-11-19-16/h2-3,8,11,13H,4-7,9-10H2,1H3. The van der Waals surface area contributed by atoms with Crippen molar-refractivity contribution in [3.63, 3.8) is 0 Å².